The minimum atomic E-state index is -3.85. The third kappa shape index (κ3) is 4.30. The first-order chi connectivity index (χ1) is 12.5. The van der Waals surface area contributed by atoms with Crippen LogP contribution in [0.2, 0.25) is 0 Å². The van der Waals surface area contributed by atoms with Gasteiger partial charge in [0.15, 0.2) is 0 Å². The summed E-state index contributed by atoms with van der Waals surface area (Å²) in [5.74, 6) is -0.389. The fourth-order valence-electron chi connectivity index (χ4n) is 2.29. The molecule has 0 saturated heterocycles. The number of carbonyl (C=O) groups is 1. The molecule has 0 aromatic heterocycles. The van der Waals surface area contributed by atoms with Crippen LogP contribution < -0.4 is 10.0 Å². The molecule has 132 valence electrons. The Morgan fingerprint density at radius 1 is 0.808 bits per heavy atom. The van der Waals surface area contributed by atoms with Crippen molar-refractivity contribution in [3.63, 3.8) is 0 Å². The molecule has 0 aliphatic carbocycles. The smallest absolute Gasteiger partial charge is 0.263 e. The van der Waals surface area contributed by atoms with E-state index in [0.29, 0.717) is 15.8 Å². The fourth-order valence-corrected chi connectivity index (χ4v) is 4.34. The van der Waals surface area contributed by atoms with Gasteiger partial charge in [0, 0.05) is 21.4 Å². The van der Waals surface area contributed by atoms with Crippen LogP contribution in [-0.2, 0) is 10.0 Å². The van der Waals surface area contributed by atoms with Crippen molar-refractivity contribution in [3.05, 3.63) is 88.9 Å². The number of rotatable bonds is 5. The highest BCUT2D eigenvalue weighted by molar-refractivity contribution is 9.10. The van der Waals surface area contributed by atoms with E-state index in [1.807, 2.05) is 6.07 Å². The zero-order valence-corrected chi connectivity index (χ0v) is 15.9. The summed E-state index contributed by atoms with van der Waals surface area (Å²) in [6.45, 7) is 0. The number of anilines is 2. The second kappa shape index (κ2) is 7.72. The van der Waals surface area contributed by atoms with Crippen molar-refractivity contribution in [2.75, 3.05) is 10.0 Å². The van der Waals surface area contributed by atoms with E-state index in [-0.39, 0.29) is 16.4 Å². The highest BCUT2D eigenvalue weighted by Gasteiger charge is 2.20. The molecule has 3 rings (SSSR count). The molecule has 1 amide bonds. The van der Waals surface area contributed by atoms with E-state index in [0.717, 1.165) is 0 Å². The van der Waals surface area contributed by atoms with Crippen LogP contribution >= 0.6 is 15.9 Å². The maximum absolute atomic E-state index is 12.7. The van der Waals surface area contributed by atoms with Crippen LogP contribution in [0.25, 0.3) is 0 Å². The predicted octanol–water partition coefficient (Wildman–Crippen LogP) is 4.50. The van der Waals surface area contributed by atoms with E-state index < -0.39 is 10.0 Å². The van der Waals surface area contributed by atoms with Gasteiger partial charge in [0.2, 0.25) is 0 Å². The number of hydrogen-bond donors (Lipinski definition) is 2. The van der Waals surface area contributed by atoms with Crippen LogP contribution in [0.15, 0.2) is 88.2 Å². The second-order valence-corrected chi connectivity index (χ2v) is 7.94. The lowest BCUT2D eigenvalue weighted by atomic mass is 10.2. The number of para-hydroxylation sites is 2. The van der Waals surface area contributed by atoms with E-state index >= 15 is 0 Å². The lowest BCUT2D eigenvalue weighted by Crippen LogP contribution is -2.16. The molecule has 2 N–H and O–H groups in total. The first-order valence-corrected chi connectivity index (χ1v) is 9.97. The molecule has 0 fully saturated rings. The minimum absolute atomic E-state index is 0.0120. The monoisotopic (exact) mass is 430 g/mol. The number of sulfonamides is 1. The number of hydrogen-bond acceptors (Lipinski definition) is 3. The van der Waals surface area contributed by atoms with Gasteiger partial charge in [-0.3, -0.25) is 9.52 Å². The summed E-state index contributed by atoms with van der Waals surface area (Å²) in [6, 6.07) is 22.0. The normalized spacial score (nSPS) is 11.0. The van der Waals surface area contributed by atoms with Gasteiger partial charge in [0.1, 0.15) is 4.90 Å². The Morgan fingerprint density at radius 2 is 1.38 bits per heavy atom. The van der Waals surface area contributed by atoms with Crippen molar-refractivity contribution in [1.29, 1.82) is 0 Å². The lowest BCUT2D eigenvalue weighted by molar-refractivity contribution is 0.102. The summed E-state index contributed by atoms with van der Waals surface area (Å²) in [5, 5.41) is 2.74. The number of carbonyl (C=O) groups excluding carboxylic acids is 1. The maximum Gasteiger partial charge on any atom is 0.263 e. The lowest BCUT2D eigenvalue weighted by Gasteiger charge is -2.11. The van der Waals surface area contributed by atoms with Crippen molar-refractivity contribution in [2.45, 2.75) is 4.90 Å². The van der Waals surface area contributed by atoms with Gasteiger partial charge in [-0.1, -0.05) is 36.4 Å². The van der Waals surface area contributed by atoms with Gasteiger partial charge in [-0.2, -0.15) is 0 Å². The van der Waals surface area contributed by atoms with Gasteiger partial charge < -0.3 is 5.32 Å². The van der Waals surface area contributed by atoms with Crippen LogP contribution in [0, 0.1) is 0 Å². The van der Waals surface area contributed by atoms with Gasteiger partial charge in [-0.05, 0) is 58.4 Å². The summed E-state index contributed by atoms with van der Waals surface area (Å²) in [5.41, 5.74) is 1.32. The average molecular weight is 431 g/mol. The van der Waals surface area contributed by atoms with Crippen molar-refractivity contribution in [1.82, 2.24) is 0 Å². The molecule has 3 aromatic rings. The van der Waals surface area contributed by atoms with E-state index in [1.165, 1.54) is 6.07 Å². The molecule has 3 aromatic carbocycles. The fraction of sp³-hybridized carbons (Fsp3) is 0. The number of amides is 1. The van der Waals surface area contributed by atoms with Gasteiger partial charge in [0.05, 0.1) is 0 Å². The Labute approximate surface area is 160 Å². The second-order valence-electron chi connectivity index (χ2n) is 5.44. The zero-order valence-electron chi connectivity index (χ0n) is 13.5. The summed E-state index contributed by atoms with van der Waals surface area (Å²) >= 11 is 3.24. The molecule has 7 heteroatoms. The topological polar surface area (TPSA) is 75.3 Å². The Balaban J connectivity index is 1.88. The molecule has 0 unspecified atom stereocenters. The highest BCUT2D eigenvalue weighted by atomic mass is 79.9. The molecule has 0 saturated carbocycles. The molecular weight excluding hydrogens is 416 g/mol. The number of benzene rings is 3. The van der Waals surface area contributed by atoms with E-state index in [2.05, 4.69) is 26.0 Å². The zero-order chi connectivity index (χ0) is 18.6. The molecule has 0 aliphatic heterocycles. The van der Waals surface area contributed by atoms with Crippen molar-refractivity contribution in [3.8, 4) is 0 Å². The molecule has 0 spiro atoms. The molecule has 0 heterocycles. The average Bonchev–Trinajstić information content (AvgIpc) is 2.63. The van der Waals surface area contributed by atoms with Crippen LogP contribution in [0.3, 0.4) is 0 Å². The molecule has 5 nitrogen and oxygen atoms in total. The standard InChI is InChI=1S/C19H15BrN2O3S/c20-17-12-11-14(19(23)21-15-7-3-1-4-8-15)13-18(17)26(24,25)22-16-9-5-2-6-10-16/h1-13,22H,(H,21,23). The SMILES string of the molecule is O=C(Nc1ccccc1)c1ccc(Br)c(S(=O)(=O)Nc2ccccc2)c1. The summed E-state index contributed by atoms with van der Waals surface area (Å²) < 4.78 is 28.2. The Hall–Kier alpha value is -2.64. The maximum atomic E-state index is 12.7. The third-order valence-electron chi connectivity index (χ3n) is 3.54. The van der Waals surface area contributed by atoms with Gasteiger partial charge in [-0.15, -0.1) is 0 Å². The molecule has 0 radical (unpaired) electrons. The van der Waals surface area contributed by atoms with Gasteiger partial charge in [-0.25, -0.2) is 8.42 Å². The Morgan fingerprint density at radius 3 is 2.00 bits per heavy atom. The minimum Gasteiger partial charge on any atom is -0.322 e. The van der Waals surface area contributed by atoms with Crippen LogP contribution in [0.1, 0.15) is 10.4 Å². The van der Waals surface area contributed by atoms with Gasteiger partial charge >= 0.3 is 0 Å². The largest absolute Gasteiger partial charge is 0.322 e. The number of halogens is 1. The molecule has 0 atom stereocenters. The quantitative estimate of drug-likeness (QED) is 0.625. The molecular formula is C19H15BrN2O3S. The predicted molar refractivity (Wildman–Crippen MR) is 106 cm³/mol. The molecule has 26 heavy (non-hydrogen) atoms. The first kappa shape index (κ1) is 18.2. The molecule has 0 aliphatic rings. The summed E-state index contributed by atoms with van der Waals surface area (Å²) in [4.78, 5) is 12.4. The van der Waals surface area contributed by atoms with Crippen LogP contribution in [0.5, 0.6) is 0 Å². The third-order valence-corrected chi connectivity index (χ3v) is 5.92. The summed E-state index contributed by atoms with van der Waals surface area (Å²) in [7, 11) is -3.85. The first-order valence-electron chi connectivity index (χ1n) is 7.69. The molecule has 0 bridgehead atoms. The Bertz CT molecular complexity index is 1020. The van der Waals surface area contributed by atoms with E-state index in [9.17, 15) is 13.2 Å². The van der Waals surface area contributed by atoms with Crippen LogP contribution in [-0.4, -0.2) is 14.3 Å². The van der Waals surface area contributed by atoms with Crippen LogP contribution in [0.4, 0.5) is 11.4 Å². The Kier molecular flexibility index (Phi) is 5.39. The van der Waals surface area contributed by atoms with E-state index in [4.69, 9.17) is 0 Å². The van der Waals surface area contributed by atoms with Gasteiger partial charge in [0.25, 0.3) is 15.9 Å². The van der Waals surface area contributed by atoms with Crippen molar-refractivity contribution < 1.29 is 13.2 Å². The highest BCUT2D eigenvalue weighted by Crippen LogP contribution is 2.26. The van der Waals surface area contributed by atoms with Crippen molar-refractivity contribution in [2.24, 2.45) is 0 Å². The summed E-state index contributed by atoms with van der Waals surface area (Å²) in [6.07, 6.45) is 0. The van der Waals surface area contributed by atoms with E-state index in [1.54, 1.807) is 66.7 Å². The van der Waals surface area contributed by atoms with Crippen molar-refractivity contribution >= 4 is 43.2 Å². The number of nitrogens with one attached hydrogen (secondary N) is 2.